The lowest BCUT2D eigenvalue weighted by Crippen LogP contribution is -2.31. The number of methoxy groups -OCH3 is 1. The van der Waals surface area contributed by atoms with Crippen LogP contribution in [-0.4, -0.2) is 33.8 Å². The molecule has 0 radical (unpaired) electrons. The van der Waals surface area contributed by atoms with Crippen LogP contribution in [0.15, 0.2) is 60.1 Å². The van der Waals surface area contributed by atoms with Gasteiger partial charge in [-0.15, -0.1) is 0 Å². The number of pyridine rings is 1. The van der Waals surface area contributed by atoms with E-state index in [-0.39, 0.29) is 30.2 Å². The molecule has 0 aliphatic carbocycles. The number of nitrogens with zero attached hydrogens (tertiary/aromatic N) is 2. The molecule has 2 aromatic rings. The Balaban J connectivity index is 2.04. The van der Waals surface area contributed by atoms with Crippen molar-refractivity contribution in [3.05, 3.63) is 71.3 Å². The number of hydrogen-bond donors (Lipinski definition) is 1. The number of benzene rings is 1. The molecule has 0 spiro atoms. The number of aliphatic hydroxyl groups is 1. The third kappa shape index (κ3) is 3.76. The van der Waals surface area contributed by atoms with Crippen molar-refractivity contribution >= 4 is 11.7 Å². The van der Waals surface area contributed by atoms with Gasteiger partial charge in [0, 0.05) is 24.4 Å². The number of carbonyl (C=O) groups is 2. The van der Waals surface area contributed by atoms with E-state index >= 15 is 0 Å². The van der Waals surface area contributed by atoms with Gasteiger partial charge in [0.05, 0.1) is 25.3 Å². The Hall–Kier alpha value is -3.15. The van der Waals surface area contributed by atoms with Crippen molar-refractivity contribution in [1.29, 1.82) is 0 Å². The van der Waals surface area contributed by atoms with Crippen LogP contribution in [0.5, 0.6) is 5.75 Å². The molecular weight excluding hydrogens is 356 g/mol. The first-order valence-electron chi connectivity index (χ1n) is 9.23. The van der Waals surface area contributed by atoms with Crippen LogP contribution in [0.4, 0.5) is 0 Å². The number of ketones is 1. The van der Waals surface area contributed by atoms with Crippen molar-refractivity contribution < 1.29 is 19.4 Å². The Morgan fingerprint density at radius 3 is 2.54 bits per heavy atom. The number of carbonyl (C=O) groups excluding carboxylic acids is 2. The molecule has 28 heavy (non-hydrogen) atoms. The average Bonchev–Trinajstić information content (AvgIpc) is 2.93. The third-order valence-corrected chi connectivity index (χ3v) is 4.75. The average molecular weight is 380 g/mol. The molecular formula is C22H24N2O4. The molecule has 6 heteroatoms. The Labute approximate surface area is 164 Å². The fourth-order valence-corrected chi connectivity index (χ4v) is 3.49. The first-order valence-corrected chi connectivity index (χ1v) is 9.23. The van der Waals surface area contributed by atoms with Gasteiger partial charge in [-0.05, 0) is 29.7 Å². The minimum absolute atomic E-state index is 0.115. The van der Waals surface area contributed by atoms with Crippen molar-refractivity contribution in [2.24, 2.45) is 5.92 Å². The highest BCUT2D eigenvalue weighted by Gasteiger charge is 2.43. The Bertz CT molecular complexity index is 906. The summed E-state index contributed by atoms with van der Waals surface area (Å²) in [6.07, 6.45) is 3.48. The predicted octanol–water partition coefficient (Wildman–Crippen LogP) is 3.60. The van der Waals surface area contributed by atoms with Gasteiger partial charge >= 0.3 is 0 Å². The molecule has 2 heterocycles. The van der Waals surface area contributed by atoms with Crippen molar-refractivity contribution in [1.82, 2.24) is 9.88 Å². The van der Waals surface area contributed by atoms with Crippen molar-refractivity contribution in [3.63, 3.8) is 0 Å². The molecule has 1 N–H and O–H groups in total. The lowest BCUT2D eigenvalue weighted by molar-refractivity contribution is -0.130. The van der Waals surface area contributed by atoms with Crippen LogP contribution in [0.3, 0.4) is 0 Å². The fourth-order valence-electron chi connectivity index (χ4n) is 3.49. The highest BCUT2D eigenvalue weighted by atomic mass is 16.5. The zero-order chi connectivity index (χ0) is 20.3. The maximum Gasteiger partial charge on any atom is 0.290 e. The number of ether oxygens (including phenoxy) is 1. The van der Waals surface area contributed by atoms with Gasteiger partial charge in [0.15, 0.2) is 11.5 Å². The molecule has 6 nitrogen and oxygen atoms in total. The SMILES string of the molecule is COc1ccccc1CN1C(=O)C(O)=C(C(=O)CC(C)C)C1c1ccncc1. The van der Waals surface area contributed by atoms with Crippen LogP contribution in [0.25, 0.3) is 0 Å². The minimum atomic E-state index is -0.660. The van der Waals surface area contributed by atoms with E-state index in [0.717, 1.165) is 11.1 Å². The van der Waals surface area contributed by atoms with Gasteiger partial charge in [-0.1, -0.05) is 32.0 Å². The number of aliphatic hydroxyl groups excluding tert-OH is 1. The fraction of sp³-hybridized carbons (Fsp3) is 0.318. The molecule has 1 aromatic heterocycles. The summed E-state index contributed by atoms with van der Waals surface area (Å²) in [5, 5.41) is 10.6. The van der Waals surface area contributed by atoms with E-state index in [1.165, 1.54) is 4.90 Å². The maximum absolute atomic E-state index is 12.9. The quantitative estimate of drug-likeness (QED) is 0.794. The van der Waals surface area contributed by atoms with E-state index in [4.69, 9.17) is 4.74 Å². The second kappa shape index (κ2) is 8.25. The summed E-state index contributed by atoms with van der Waals surface area (Å²) in [6, 6.07) is 10.2. The summed E-state index contributed by atoms with van der Waals surface area (Å²) >= 11 is 0. The van der Waals surface area contributed by atoms with E-state index in [1.807, 2.05) is 38.1 Å². The number of hydrogen-bond acceptors (Lipinski definition) is 5. The van der Waals surface area contributed by atoms with E-state index in [0.29, 0.717) is 5.75 Å². The van der Waals surface area contributed by atoms with Crippen LogP contribution in [0, 0.1) is 5.92 Å². The zero-order valence-electron chi connectivity index (χ0n) is 16.3. The number of amides is 1. The van der Waals surface area contributed by atoms with E-state index in [2.05, 4.69) is 4.98 Å². The molecule has 1 unspecified atom stereocenters. The molecule has 146 valence electrons. The van der Waals surface area contributed by atoms with E-state index in [9.17, 15) is 14.7 Å². The zero-order valence-corrected chi connectivity index (χ0v) is 16.3. The summed E-state index contributed by atoms with van der Waals surface area (Å²) in [4.78, 5) is 31.3. The summed E-state index contributed by atoms with van der Waals surface area (Å²) in [5.74, 6) is -0.484. The standard InChI is InChI=1S/C22H24N2O4/c1-14(2)12-17(25)19-20(15-8-10-23-11-9-15)24(22(27)21(19)26)13-16-6-4-5-7-18(16)28-3/h4-11,14,20,26H,12-13H2,1-3H3. The largest absolute Gasteiger partial charge is 0.503 e. The smallest absolute Gasteiger partial charge is 0.290 e. The Kier molecular flexibility index (Phi) is 5.78. The summed E-state index contributed by atoms with van der Waals surface area (Å²) in [6.45, 7) is 4.07. The monoisotopic (exact) mass is 380 g/mol. The van der Waals surface area contributed by atoms with Crippen molar-refractivity contribution in [2.75, 3.05) is 7.11 Å². The van der Waals surface area contributed by atoms with Gasteiger partial charge in [0.2, 0.25) is 0 Å². The second-order valence-electron chi connectivity index (χ2n) is 7.21. The van der Waals surface area contributed by atoms with Gasteiger partial charge in [0.1, 0.15) is 5.75 Å². The minimum Gasteiger partial charge on any atom is -0.503 e. The number of aromatic nitrogens is 1. The first-order chi connectivity index (χ1) is 13.4. The van der Waals surface area contributed by atoms with Crippen LogP contribution in [0.1, 0.15) is 37.4 Å². The van der Waals surface area contributed by atoms with Crippen molar-refractivity contribution in [3.8, 4) is 5.75 Å². The summed E-state index contributed by atoms with van der Waals surface area (Å²) in [5.41, 5.74) is 1.68. The van der Waals surface area contributed by atoms with Crippen molar-refractivity contribution in [2.45, 2.75) is 32.9 Å². The Morgan fingerprint density at radius 1 is 1.21 bits per heavy atom. The molecule has 1 aliphatic rings. The van der Waals surface area contributed by atoms with Gasteiger partial charge in [-0.3, -0.25) is 14.6 Å². The number of Topliss-reactive ketones (excluding diaryl/α,β-unsaturated/α-hetero) is 1. The van der Waals surface area contributed by atoms with Crippen LogP contribution >= 0.6 is 0 Å². The summed E-state index contributed by atoms with van der Waals surface area (Å²) in [7, 11) is 1.57. The topological polar surface area (TPSA) is 79.7 Å². The van der Waals surface area contributed by atoms with Crippen LogP contribution < -0.4 is 4.74 Å². The first kappa shape index (κ1) is 19.6. The molecule has 0 saturated heterocycles. The highest BCUT2D eigenvalue weighted by Crippen LogP contribution is 2.40. The molecule has 3 rings (SSSR count). The third-order valence-electron chi connectivity index (χ3n) is 4.75. The van der Waals surface area contributed by atoms with Gasteiger partial charge in [-0.2, -0.15) is 0 Å². The van der Waals surface area contributed by atoms with Gasteiger partial charge < -0.3 is 14.7 Å². The van der Waals surface area contributed by atoms with Gasteiger partial charge in [0.25, 0.3) is 5.91 Å². The Morgan fingerprint density at radius 2 is 1.89 bits per heavy atom. The lowest BCUT2D eigenvalue weighted by atomic mass is 9.92. The van der Waals surface area contributed by atoms with E-state index in [1.54, 1.807) is 31.6 Å². The lowest BCUT2D eigenvalue weighted by Gasteiger charge is -2.27. The van der Waals surface area contributed by atoms with Crippen LogP contribution in [0.2, 0.25) is 0 Å². The molecule has 1 amide bonds. The number of rotatable bonds is 7. The molecule has 1 aliphatic heterocycles. The highest BCUT2D eigenvalue weighted by molar-refractivity contribution is 6.09. The molecule has 0 bridgehead atoms. The molecule has 1 atom stereocenters. The van der Waals surface area contributed by atoms with Crippen LogP contribution in [-0.2, 0) is 16.1 Å². The predicted molar refractivity (Wildman–Crippen MR) is 105 cm³/mol. The molecule has 1 aromatic carbocycles. The maximum atomic E-state index is 12.9. The second-order valence-corrected chi connectivity index (χ2v) is 7.21. The molecule has 0 saturated carbocycles. The van der Waals surface area contributed by atoms with Gasteiger partial charge in [-0.25, -0.2) is 0 Å². The molecule has 0 fully saturated rings. The number of para-hydroxylation sites is 1. The normalized spacial score (nSPS) is 16.8. The summed E-state index contributed by atoms with van der Waals surface area (Å²) < 4.78 is 5.39. The van der Waals surface area contributed by atoms with E-state index < -0.39 is 17.7 Å².